The van der Waals surface area contributed by atoms with Crippen LogP contribution in [0.4, 0.5) is 0 Å². The molecule has 124 valence electrons. The van der Waals surface area contributed by atoms with E-state index in [2.05, 4.69) is 10.1 Å². The number of esters is 1. The highest BCUT2D eigenvalue weighted by Gasteiger charge is 2.18. The summed E-state index contributed by atoms with van der Waals surface area (Å²) in [6.07, 6.45) is -0.574. The normalized spacial score (nSPS) is 12.3. The zero-order chi connectivity index (χ0) is 17.1. The zero-order valence-electron chi connectivity index (χ0n) is 13.2. The predicted octanol–water partition coefficient (Wildman–Crippen LogP) is 4.58. The molecule has 0 aliphatic rings. The standard InChI is InChI=1S/C17H15ClN2O3S/c1-10(17-19-11(2)20-23-17)22-15(21)9-24-14-8-4-6-12-5-3-7-13(18)16(12)14/h3-8,10H,9H2,1-2H3. The molecule has 0 spiro atoms. The van der Waals surface area contributed by atoms with Crippen LogP contribution >= 0.6 is 23.4 Å². The minimum Gasteiger partial charge on any atom is -0.452 e. The smallest absolute Gasteiger partial charge is 0.317 e. The Balaban J connectivity index is 1.66. The molecule has 1 atom stereocenters. The van der Waals surface area contributed by atoms with Crippen LogP contribution in [0.5, 0.6) is 0 Å². The first-order chi connectivity index (χ1) is 11.5. The average molecular weight is 363 g/mol. The molecular weight excluding hydrogens is 348 g/mol. The van der Waals surface area contributed by atoms with Gasteiger partial charge in [0.1, 0.15) is 0 Å². The summed E-state index contributed by atoms with van der Waals surface area (Å²) in [6, 6.07) is 11.6. The van der Waals surface area contributed by atoms with Gasteiger partial charge in [-0.05, 0) is 31.4 Å². The van der Waals surface area contributed by atoms with Crippen LogP contribution < -0.4 is 0 Å². The molecule has 0 aliphatic heterocycles. The number of ether oxygens (including phenoxy) is 1. The second-order valence-corrected chi connectivity index (χ2v) is 6.62. The van der Waals surface area contributed by atoms with Crippen LogP contribution in [0.25, 0.3) is 10.8 Å². The lowest BCUT2D eigenvalue weighted by atomic mass is 10.1. The molecule has 7 heteroatoms. The number of benzene rings is 2. The predicted molar refractivity (Wildman–Crippen MR) is 93.2 cm³/mol. The van der Waals surface area contributed by atoms with Crippen LogP contribution in [0.3, 0.4) is 0 Å². The van der Waals surface area contributed by atoms with Gasteiger partial charge in [0.2, 0.25) is 0 Å². The van der Waals surface area contributed by atoms with Gasteiger partial charge in [-0.1, -0.05) is 41.0 Å². The van der Waals surface area contributed by atoms with E-state index < -0.39 is 6.10 Å². The van der Waals surface area contributed by atoms with Crippen molar-refractivity contribution in [3.63, 3.8) is 0 Å². The van der Waals surface area contributed by atoms with Crippen molar-refractivity contribution in [3.05, 3.63) is 53.1 Å². The number of hydrogen-bond acceptors (Lipinski definition) is 6. The summed E-state index contributed by atoms with van der Waals surface area (Å²) >= 11 is 7.68. The maximum Gasteiger partial charge on any atom is 0.317 e. The van der Waals surface area contributed by atoms with Crippen LogP contribution in [0.2, 0.25) is 5.02 Å². The van der Waals surface area contributed by atoms with E-state index >= 15 is 0 Å². The summed E-state index contributed by atoms with van der Waals surface area (Å²) in [5.74, 6) is 0.612. The fraction of sp³-hybridized carbons (Fsp3) is 0.235. The van der Waals surface area contributed by atoms with Crippen molar-refractivity contribution >= 4 is 40.1 Å². The summed E-state index contributed by atoms with van der Waals surface area (Å²) in [5, 5.41) is 6.33. The summed E-state index contributed by atoms with van der Waals surface area (Å²) in [4.78, 5) is 17.1. The minimum atomic E-state index is -0.574. The highest BCUT2D eigenvalue weighted by molar-refractivity contribution is 8.00. The Morgan fingerprint density at radius 3 is 2.79 bits per heavy atom. The molecule has 24 heavy (non-hydrogen) atoms. The second kappa shape index (κ2) is 7.23. The Morgan fingerprint density at radius 1 is 1.33 bits per heavy atom. The Hall–Kier alpha value is -2.05. The third-order valence-corrected chi connectivity index (χ3v) is 4.71. The maximum atomic E-state index is 12.1. The van der Waals surface area contributed by atoms with Gasteiger partial charge in [0.05, 0.1) is 5.75 Å². The Labute approximate surface area is 148 Å². The maximum absolute atomic E-state index is 12.1. The van der Waals surface area contributed by atoms with Gasteiger partial charge in [-0.3, -0.25) is 4.79 Å². The van der Waals surface area contributed by atoms with Gasteiger partial charge in [-0.2, -0.15) is 4.98 Å². The molecule has 0 N–H and O–H groups in total. The number of carbonyl (C=O) groups is 1. The molecule has 3 aromatic rings. The number of hydrogen-bond donors (Lipinski definition) is 0. The first kappa shape index (κ1) is 16.8. The molecule has 0 radical (unpaired) electrons. The topological polar surface area (TPSA) is 65.2 Å². The first-order valence-corrected chi connectivity index (χ1v) is 8.70. The highest BCUT2D eigenvalue weighted by atomic mass is 35.5. The number of aromatic nitrogens is 2. The van der Waals surface area contributed by atoms with E-state index in [1.165, 1.54) is 11.8 Å². The van der Waals surface area contributed by atoms with Crippen LogP contribution in [-0.4, -0.2) is 21.9 Å². The molecule has 0 fully saturated rings. The van der Waals surface area contributed by atoms with Crippen molar-refractivity contribution in [3.8, 4) is 0 Å². The molecule has 5 nitrogen and oxygen atoms in total. The molecule has 3 rings (SSSR count). The van der Waals surface area contributed by atoms with Crippen molar-refractivity contribution in [2.75, 3.05) is 5.75 Å². The van der Waals surface area contributed by atoms with Crippen LogP contribution in [-0.2, 0) is 9.53 Å². The van der Waals surface area contributed by atoms with Crippen molar-refractivity contribution < 1.29 is 14.1 Å². The van der Waals surface area contributed by atoms with E-state index in [-0.39, 0.29) is 11.7 Å². The number of aryl methyl sites for hydroxylation is 1. The molecule has 0 amide bonds. The number of halogens is 1. The van der Waals surface area contributed by atoms with Gasteiger partial charge in [-0.15, -0.1) is 11.8 Å². The van der Waals surface area contributed by atoms with Crippen molar-refractivity contribution in [1.29, 1.82) is 0 Å². The van der Waals surface area contributed by atoms with Gasteiger partial charge in [0.25, 0.3) is 5.89 Å². The fourth-order valence-electron chi connectivity index (χ4n) is 2.28. The molecule has 1 heterocycles. The van der Waals surface area contributed by atoms with E-state index in [0.29, 0.717) is 16.7 Å². The van der Waals surface area contributed by atoms with Crippen LogP contribution in [0.1, 0.15) is 24.7 Å². The van der Waals surface area contributed by atoms with Gasteiger partial charge >= 0.3 is 5.97 Å². The average Bonchev–Trinajstić information content (AvgIpc) is 3.00. The summed E-state index contributed by atoms with van der Waals surface area (Å²) in [7, 11) is 0. The largest absolute Gasteiger partial charge is 0.452 e. The summed E-state index contributed by atoms with van der Waals surface area (Å²) in [6.45, 7) is 3.41. The zero-order valence-corrected chi connectivity index (χ0v) is 14.7. The quantitative estimate of drug-likeness (QED) is 0.489. The van der Waals surface area contributed by atoms with E-state index in [0.717, 1.165) is 15.7 Å². The molecule has 0 saturated carbocycles. The van der Waals surface area contributed by atoms with Crippen LogP contribution in [0, 0.1) is 6.92 Å². The summed E-state index contributed by atoms with van der Waals surface area (Å²) < 4.78 is 10.3. The van der Waals surface area contributed by atoms with Gasteiger partial charge in [-0.25, -0.2) is 0 Å². The molecule has 1 aromatic heterocycles. The third kappa shape index (κ3) is 3.71. The molecule has 0 saturated heterocycles. The van der Waals surface area contributed by atoms with Crippen molar-refractivity contribution in [2.45, 2.75) is 24.8 Å². The van der Waals surface area contributed by atoms with E-state index in [1.807, 2.05) is 36.4 Å². The SMILES string of the molecule is Cc1noc(C(C)OC(=O)CSc2cccc3cccc(Cl)c23)n1. The first-order valence-electron chi connectivity index (χ1n) is 7.34. The Bertz CT molecular complexity index is 876. The Kier molecular flexibility index (Phi) is 5.06. The molecule has 0 aliphatic carbocycles. The third-order valence-electron chi connectivity index (χ3n) is 3.36. The number of nitrogens with zero attached hydrogens (tertiary/aromatic N) is 2. The number of carbonyl (C=O) groups excluding carboxylic acids is 1. The van der Waals surface area contributed by atoms with Gasteiger partial charge in [0, 0.05) is 15.3 Å². The number of rotatable bonds is 5. The van der Waals surface area contributed by atoms with Crippen molar-refractivity contribution in [1.82, 2.24) is 10.1 Å². The van der Waals surface area contributed by atoms with Gasteiger partial charge < -0.3 is 9.26 Å². The lowest BCUT2D eigenvalue weighted by Crippen LogP contribution is -2.11. The fourth-order valence-corrected chi connectivity index (χ4v) is 3.51. The monoisotopic (exact) mass is 362 g/mol. The number of fused-ring (bicyclic) bond motifs is 1. The lowest BCUT2D eigenvalue weighted by Gasteiger charge is -2.10. The van der Waals surface area contributed by atoms with Crippen molar-refractivity contribution in [2.24, 2.45) is 0 Å². The summed E-state index contributed by atoms with van der Waals surface area (Å²) in [5.41, 5.74) is 0. The van der Waals surface area contributed by atoms with E-state index in [1.54, 1.807) is 13.8 Å². The molecule has 2 aromatic carbocycles. The van der Waals surface area contributed by atoms with E-state index in [9.17, 15) is 4.79 Å². The Morgan fingerprint density at radius 2 is 2.08 bits per heavy atom. The highest BCUT2D eigenvalue weighted by Crippen LogP contribution is 2.33. The van der Waals surface area contributed by atoms with Gasteiger partial charge in [0.15, 0.2) is 11.9 Å². The number of thioether (sulfide) groups is 1. The molecule has 0 bridgehead atoms. The van der Waals surface area contributed by atoms with Crippen LogP contribution in [0.15, 0.2) is 45.8 Å². The van der Waals surface area contributed by atoms with E-state index in [4.69, 9.17) is 20.9 Å². The molecule has 1 unspecified atom stereocenters. The second-order valence-electron chi connectivity index (χ2n) is 5.19. The molecular formula is C17H15ClN2O3S. The lowest BCUT2D eigenvalue weighted by molar-refractivity contribution is -0.146. The minimum absolute atomic E-state index is 0.168.